The quantitative estimate of drug-likeness (QED) is 0.505. The molecule has 3 N–H and O–H groups in total. The van der Waals surface area contributed by atoms with E-state index in [1.54, 1.807) is 30.7 Å². The fourth-order valence-corrected chi connectivity index (χ4v) is 2.79. The van der Waals surface area contributed by atoms with Crippen LogP contribution in [0.2, 0.25) is 5.02 Å². The number of H-pyrrole nitrogens is 2. The van der Waals surface area contributed by atoms with Crippen LogP contribution in [-0.4, -0.2) is 37.4 Å². The summed E-state index contributed by atoms with van der Waals surface area (Å²) in [6.45, 7) is 0.488. The van der Waals surface area contributed by atoms with E-state index in [0.29, 0.717) is 40.5 Å². The summed E-state index contributed by atoms with van der Waals surface area (Å²) in [6, 6.07) is 8.98. The Balaban J connectivity index is 1.56. The first kappa shape index (κ1) is 16.3. The summed E-state index contributed by atoms with van der Waals surface area (Å²) in [4.78, 5) is 31.5. The van der Waals surface area contributed by atoms with Crippen LogP contribution in [0, 0.1) is 0 Å². The Kier molecular flexibility index (Phi) is 4.37. The van der Waals surface area contributed by atoms with Gasteiger partial charge in [-0.15, -0.1) is 0 Å². The Bertz CT molecular complexity index is 1040. The number of carbonyl (C=O) groups is 1. The van der Waals surface area contributed by atoms with E-state index in [2.05, 4.69) is 30.2 Å². The molecule has 8 heteroatoms. The Morgan fingerprint density at radius 1 is 1.15 bits per heavy atom. The highest BCUT2D eigenvalue weighted by Crippen LogP contribution is 2.23. The molecule has 0 saturated heterocycles. The van der Waals surface area contributed by atoms with Gasteiger partial charge in [-0.05, 0) is 30.3 Å². The van der Waals surface area contributed by atoms with Crippen molar-refractivity contribution in [3.05, 3.63) is 65.3 Å². The van der Waals surface area contributed by atoms with Gasteiger partial charge >= 0.3 is 0 Å². The van der Waals surface area contributed by atoms with Gasteiger partial charge in [-0.3, -0.25) is 4.79 Å². The van der Waals surface area contributed by atoms with Crippen LogP contribution in [0.4, 0.5) is 0 Å². The molecule has 1 aromatic carbocycles. The number of imidazole rings is 2. The molecule has 0 aliphatic rings. The number of benzene rings is 1. The van der Waals surface area contributed by atoms with Crippen molar-refractivity contribution >= 4 is 28.7 Å². The third-order valence-electron chi connectivity index (χ3n) is 3.97. The van der Waals surface area contributed by atoms with Crippen molar-refractivity contribution in [2.45, 2.75) is 6.42 Å². The van der Waals surface area contributed by atoms with Crippen LogP contribution in [0.3, 0.4) is 0 Å². The minimum absolute atomic E-state index is 0.193. The number of aromatic nitrogens is 5. The number of halogens is 1. The smallest absolute Gasteiger partial charge is 0.253 e. The highest BCUT2D eigenvalue weighted by Gasteiger charge is 2.15. The minimum atomic E-state index is -0.193. The minimum Gasteiger partial charge on any atom is -0.352 e. The lowest BCUT2D eigenvalue weighted by atomic mass is 10.2. The topological polar surface area (TPSA) is 99.4 Å². The van der Waals surface area contributed by atoms with Crippen molar-refractivity contribution in [2.24, 2.45) is 0 Å². The first-order valence-corrected chi connectivity index (χ1v) is 8.45. The number of hydrogen-bond acceptors (Lipinski definition) is 4. The normalized spacial score (nSPS) is 11.0. The number of nitrogens with zero attached hydrogens (tertiary/aromatic N) is 3. The predicted octanol–water partition coefficient (Wildman–Crippen LogP) is 2.97. The number of carbonyl (C=O) groups excluding carboxylic acids is 1. The van der Waals surface area contributed by atoms with Crippen molar-refractivity contribution in [1.29, 1.82) is 0 Å². The van der Waals surface area contributed by atoms with Gasteiger partial charge in [-0.2, -0.15) is 0 Å². The SMILES string of the molecule is O=C(NCCc1c[nH]cn1)c1ccnc2[nH]c(-c3ccc(Cl)cc3)nc12. The molecule has 3 heterocycles. The maximum Gasteiger partial charge on any atom is 0.253 e. The van der Waals surface area contributed by atoms with Gasteiger partial charge < -0.3 is 15.3 Å². The number of fused-ring (bicyclic) bond motifs is 1. The van der Waals surface area contributed by atoms with E-state index in [0.717, 1.165) is 11.3 Å². The van der Waals surface area contributed by atoms with Crippen LogP contribution in [0.5, 0.6) is 0 Å². The highest BCUT2D eigenvalue weighted by atomic mass is 35.5. The Morgan fingerprint density at radius 3 is 2.77 bits per heavy atom. The molecule has 130 valence electrons. The molecule has 4 rings (SSSR count). The maximum atomic E-state index is 12.5. The lowest BCUT2D eigenvalue weighted by Gasteiger charge is -2.04. The lowest BCUT2D eigenvalue weighted by Crippen LogP contribution is -2.26. The summed E-state index contributed by atoms with van der Waals surface area (Å²) < 4.78 is 0. The van der Waals surface area contributed by atoms with E-state index in [1.165, 1.54) is 0 Å². The van der Waals surface area contributed by atoms with E-state index in [9.17, 15) is 4.79 Å². The number of aromatic amines is 2. The number of hydrogen-bond donors (Lipinski definition) is 3. The Hall–Kier alpha value is -3.19. The zero-order chi connectivity index (χ0) is 17.9. The zero-order valence-corrected chi connectivity index (χ0v) is 14.4. The second-order valence-electron chi connectivity index (χ2n) is 5.71. The van der Waals surface area contributed by atoms with Gasteiger partial charge in [-0.25, -0.2) is 15.0 Å². The summed E-state index contributed by atoms with van der Waals surface area (Å²) in [6.07, 6.45) is 5.67. The van der Waals surface area contributed by atoms with Crippen LogP contribution in [0.1, 0.15) is 16.1 Å². The van der Waals surface area contributed by atoms with Gasteiger partial charge in [0.15, 0.2) is 5.65 Å². The van der Waals surface area contributed by atoms with Gasteiger partial charge in [0.05, 0.1) is 17.6 Å². The molecule has 0 radical (unpaired) electrons. The molecule has 0 aliphatic heterocycles. The van der Waals surface area contributed by atoms with Gasteiger partial charge in [0, 0.05) is 35.9 Å². The van der Waals surface area contributed by atoms with Crippen molar-refractivity contribution in [3.8, 4) is 11.4 Å². The Morgan fingerprint density at radius 2 is 2.00 bits per heavy atom. The van der Waals surface area contributed by atoms with Crippen LogP contribution in [0.15, 0.2) is 49.1 Å². The summed E-state index contributed by atoms with van der Waals surface area (Å²) >= 11 is 5.93. The molecule has 1 amide bonds. The lowest BCUT2D eigenvalue weighted by molar-refractivity contribution is 0.0955. The third kappa shape index (κ3) is 3.29. The first-order valence-electron chi connectivity index (χ1n) is 8.07. The number of rotatable bonds is 5. The van der Waals surface area contributed by atoms with Crippen LogP contribution in [0.25, 0.3) is 22.6 Å². The average molecular weight is 367 g/mol. The molecule has 0 atom stereocenters. The molecule has 7 nitrogen and oxygen atoms in total. The average Bonchev–Trinajstić information content (AvgIpc) is 3.31. The standard InChI is InChI=1S/C18H15ClN6O/c19-12-3-1-11(2-4-12)16-24-15-14(6-8-21-17(15)25-16)18(26)22-7-5-13-9-20-10-23-13/h1-4,6,8-10H,5,7H2,(H,20,23)(H,22,26)(H,21,24,25). The van der Waals surface area contributed by atoms with Gasteiger partial charge in [0.25, 0.3) is 5.91 Å². The Labute approximate surface area is 153 Å². The van der Waals surface area contributed by atoms with Crippen molar-refractivity contribution < 1.29 is 4.79 Å². The van der Waals surface area contributed by atoms with Gasteiger partial charge in [-0.1, -0.05) is 11.6 Å². The van der Waals surface area contributed by atoms with Gasteiger partial charge in [0.1, 0.15) is 11.3 Å². The summed E-state index contributed by atoms with van der Waals surface area (Å²) in [5.74, 6) is 0.447. The van der Waals surface area contributed by atoms with Crippen LogP contribution >= 0.6 is 11.6 Å². The fourth-order valence-electron chi connectivity index (χ4n) is 2.67. The summed E-state index contributed by atoms with van der Waals surface area (Å²) in [5.41, 5.74) is 3.35. The molecule has 26 heavy (non-hydrogen) atoms. The number of nitrogens with one attached hydrogen (secondary N) is 3. The molecular formula is C18H15ClN6O. The van der Waals surface area contributed by atoms with Crippen LogP contribution < -0.4 is 5.32 Å². The van der Waals surface area contributed by atoms with E-state index in [4.69, 9.17) is 11.6 Å². The fraction of sp³-hybridized carbons (Fsp3) is 0.111. The molecule has 0 fully saturated rings. The predicted molar refractivity (Wildman–Crippen MR) is 99.0 cm³/mol. The second-order valence-corrected chi connectivity index (χ2v) is 6.15. The summed E-state index contributed by atoms with van der Waals surface area (Å²) in [7, 11) is 0. The molecule has 0 bridgehead atoms. The molecule has 0 aliphatic carbocycles. The van der Waals surface area contributed by atoms with E-state index >= 15 is 0 Å². The van der Waals surface area contributed by atoms with E-state index in [1.807, 2.05) is 18.3 Å². The molecule has 0 spiro atoms. The number of pyridine rings is 1. The molecule has 0 unspecified atom stereocenters. The summed E-state index contributed by atoms with van der Waals surface area (Å²) in [5, 5.41) is 3.55. The zero-order valence-electron chi connectivity index (χ0n) is 13.7. The van der Waals surface area contributed by atoms with Crippen molar-refractivity contribution in [2.75, 3.05) is 6.54 Å². The van der Waals surface area contributed by atoms with Crippen molar-refractivity contribution in [3.63, 3.8) is 0 Å². The largest absolute Gasteiger partial charge is 0.352 e. The van der Waals surface area contributed by atoms with E-state index in [-0.39, 0.29) is 5.91 Å². The first-order chi connectivity index (χ1) is 12.7. The highest BCUT2D eigenvalue weighted by molar-refractivity contribution is 6.30. The molecule has 4 aromatic rings. The second kappa shape index (κ2) is 6.97. The maximum absolute atomic E-state index is 12.5. The van der Waals surface area contributed by atoms with Gasteiger partial charge in [0.2, 0.25) is 0 Å². The number of amides is 1. The van der Waals surface area contributed by atoms with Crippen LogP contribution in [-0.2, 0) is 6.42 Å². The monoisotopic (exact) mass is 366 g/mol. The molecular weight excluding hydrogens is 352 g/mol. The van der Waals surface area contributed by atoms with Crippen molar-refractivity contribution in [1.82, 2.24) is 30.2 Å². The van der Waals surface area contributed by atoms with E-state index < -0.39 is 0 Å². The molecule has 3 aromatic heterocycles. The molecule has 0 saturated carbocycles. The third-order valence-corrected chi connectivity index (χ3v) is 4.22.